The van der Waals surface area contributed by atoms with Crippen molar-refractivity contribution in [1.29, 1.82) is 0 Å². The van der Waals surface area contributed by atoms with Gasteiger partial charge in [0.15, 0.2) is 0 Å². The van der Waals surface area contributed by atoms with Gasteiger partial charge in [-0.3, -0.25) is 4.79 Å². The molecule has 27 heavy (non-hydrogen) atoms. The Hall–Kier alpha value is -2.43. The van der Waals surface area contributed by atoms with Gasteiger partial charge in [-0.05, 0) is 48.8 Å². The summed E-state index contributed by atoms with van der Waals surface area (Å²) in [6, 6.07) is 10.3. The summed E-state index contributed by atoms with van der Waals surface area (Å²) in [5.41, 5.74) is 4.08. The fraction of sp³-hybridized carbons (Fsp3) is 0.500. The molecule has 0 saturated carbocycles. The predicted octanol–water partition coefficient (Wildman–Crippen LogP) is 3.79. The first-order valence-corrected chi connectivity index (χ1v) is 10.1. The summed E-state index contributed by atoms with van der Waals surface area (Å²) < 4.78 is 0. The molecule has 0 aliphatic carbocycles. The van der Waals surface area contributed by atoms with Crippen molar-refractivity contribution in [2.24, 2.45) is 0 Å². The standard InChI is InChI=1S/C22H28N4O/c1-16(2)19-14-20(24-22(23-19)25-11-6-3-7-12-25)21(27)26-13-10-17-8-4-5-9-18(17)15-26/h4-5,8-9,14,16H,3,6-7,10-13,15H2,1-2H3. The third-order valence-corrected chi connectivity index (χ3v) is 5.60. The predicted molar refractivity (Wildman–Crippen MR) is 107 cm³/mol. The summed E-state index contributed by atoms with van der Waals surface area (Å²) in [6.45, 7) is 7.60. The van der Waals surface area contributed by atoms with Crippen molar-refractivity contribution in [2.45, 2.75) is 52.0 Å². The maximum Gasteiger partial charge on any atom is 0.272 e. The molecule has 0 unspecified atom stereocenters. The number of anilines is 1. The fourth-order valence-electron chi connectivity index (χ4n) is 3.92. The molecule has 1 amide bonds. The molecule has 142 valence electrons. The van der Waals surface area contributed by atoms with Crippen molar-refractivity contribution in [3.63, 3.8) is 0 Å². The average Bonchev–Trinajstić information content (AvgIpc) is 2.73. The molecular weight excluding hydrogens is 336 g/mol. The quantitative estimate of drug-likeness (QED) is 0.831. The van der Waals surface area contributed by atoms with E-state index in [1.54, 1.807) is 0 Å². The van der Waals surface area contributed by atoms with Crippen molar-refractivity contribution in [1.82, 2.24) is 14.9 Å². The molecule has 4 rings (SSSR count). The third-order valence-electron chi connectivity index (χ3n) is 5.60. The molecule has 0 radical (unpaired) electrons. The lowest BCUT2D eigenvalue weighted by atomic mass is 9.99. The van der Waals surface area contributed by atoms with Crippen LogP contribution in [0.25, 0.3) is 0 Å². The SMILES string of the molecule is CC(C)c1cc(C(=O)N2CCc3ccccc3C2)nc(N2CCCCC2)n1. The van der Waals surface area contributed by atoms with Crippen LogP contribution in [0, 0.1) is 0 Å². The van der Waals surface area contributed by atoms with Crippen LogP contribution < -0.4 is 4.90 Å². The molecule has 5 nitrogen and oxygen atoms in total. The molecule has 0 N–H and O–H groups in total. The van der Waals surface area contributed by atoms with Gasteiger partial charge in [-0.1, -0.05) is 38.1 Å². The Kier molecular flexibility index (Phi) is 5.10. The van der Waals surface area contributed by atoms with E-state index in [2.05, 4.69) is 36.9 Å². The van der Waals surface area contributed by atoms with Crippen LogP contribution in [-0.4, -0.2) is 40.4 Å². The molecule has 1 fully saturated rings. The highest BCUT2D eigenvalue weighted by molar-refractivity contribution is 5.93. The van der Waals surface area contributed by atoms with Gasteiger partial charge in [0.2, 0.25) is 5.95 Å². The average molecular weight is 364 g/mol. The number of hydrogen-bond acceptors (Lipinski definition) is 4. The first-order chi connectivity index (χ1) is 13.1. The van der Waals surface area contributed by atoms with Gasteiger partial charge < -0.3 is 9.80 Å². The summed E-state index contributed by atoms with van der Waals surface area (Å²) in [4.78, 5) is 26.9. The van der Waals surface area contributed by atoms with E-state index >= 15 is 0 Å². The van der Waals surface area contributed by atoms with E-state index in [0.717, 1.165) is 37.7 Å². The maximum atomic E-state index is 13.2. The van der Waals surface area contributed by atoms with E-state index < -0.39 is 0 Å². The molecule has 2 aliphatic heterocycles. The van der Waals surface area contributed by atoms with E-state index in [9.17, 15) is 4.79 Å². The molecule has 0 atom stereocenters. The molecule has 0 spiro atoms. The summed E-state index contributed by atoms with van der Waals surface area (Å²) in [6.07, 6.45) is 4.51. The van der Waals surface area contributed by atoms with Crippen molar-refractivity contribution >= 4 is 11.9 Å². The van der Waals surface area contributed by atoms with Gasteiger partial charge in [0.1, 0.15) is 5.69 Å². The molecule has 0 bridgehead atoms. The Morgan fingerprint density at radius 1 is 1.00 bits per heavy atom. The minimum atomic E-state index is 0.0204. The van der Waals surface area contributed by atoms with Crippen LogP contribution >= 0.6 is 0 Å². The van der Waals surface area contributed by atoms with Crippen LogP contribution in [-0.2, 0) is 13.0 Å². The number of carbonyl (C=O) groups excluding carboxylic acids is 1. The van der Waals surface area contributed by atoms with E-state index in [1.165, 1.54) is 30.4 Å². The van der Waals surface area contributed by atoms with Crippen LogP contribution in [0.4, 0.5) is 5.95 Å². The van der Waals surface area contributed by atoms with Crippen LogP contribution in [0.3, 0.4) is 0 Å². The summed E-state index contributed by atoms with van der Waals surface area (Å²) >= 11 is 0. The zero-order valence-electron chi connectivity index (χ0n) is 16.3. The second-order valence-electron chi connectivity index (χ2n) is 7.93. The van der Waals surface area contributed by atoms with Gasteiger partial charge in [0.25, 0.3) is 5.91 Å². The van der Waals surface area contributed by atoms with Gasteiger partial charge in [0, 0.05) is 31.9 Å². The molecule has 5 heteroatoms. The number of nitrogens with zero attached hydrogens (tertiary/aromatic N) is 4. The van der Waals surface area contributed by atoms with E-state index in [0.29, 0.717) is 12.2 Å². The van der Waals surface area contributed by atoms with Gasteiger partial charge in [-0.25, -0.2) is 9.97 Å². The largest absolute Gasteiger partial charge is 0.341 e. The van der Waals surface area contributed by atoms with Gasteiger partial charge in [-0.2, -0.15) is 0 Å². The van der Waals surface area contributed by atoms with Gasteiger partial charge in [0.05, 0.1) is 0 Å². The molecule has 1 aromatic heterocycles. The number of aromatic nitrogens is 2. The zero-order chi connectivity index (χ0) is 18.8. The normalized spacial score (nSPS) is 17.1. The minimum absolute atomic E-state index is 0.0204. The number of fused-ring (bicyclic) bond motifs is 1. The topological polar surface area (TPSA) is 49.3 Å². The molecule has 2 aliphatic rings. The number of amides is 1. The Labute approximate surface area is 161 Å². The number of hydrogen-bond donors (Lipinski definition) is 0. The van der Waals surface area contributed by atoms with Crippen LogP contribution in [0.1, 0.15) is 66.3 Å². The number of benzene rings is 1. The van der Waals surface area contributed by atoms with Gasteiger partial charge in [-0.15, -0.1) is 0 Å². The van der Waals surface area contributed by atoms with Gasteiger partial charge >= 0.3 is 0 Å². The monoisotopic (exact) mass is 364 g/mol. The lowest BCUT2D eigenvalue weighted by Crippen LogP contribution is -2.37. The van der Waals surface area contributed by atoms with Crippen LogP contribution in [0.2, 0.25) is 0 Å². The van der Waals surface area contributed by atoms with E-state index in [1.807, 2.05) is 17.0 Å². The van der Waals surface area contributed by atoms with Crippen LogP contribution in [0.5, 0.6) is 0 Å². The summed E-state index contributed by atoms with van der Waals surface area (Å²) in [5, 5.41) is 0. The van der Waals surface area contributed by atoms with Crippen molar-refractivity contribution in [3.05, 3.63) is 52.8 Å². The smallest absolute Gasteiger partial charge is 0.272 e. The highest BCUT2D eigenvalue weighted by atomic mass is 16.2. The highest BCUT2D eigenvalue weighted by Gasteiger charge is 2.25. The molecule has 2 aromatic rings. The Morgan fingerprint density at radius 3 is 2.48 bits per heavy atom. The second-order valence-corrected chi connectivity index (χ2v) is 7.93. The maximum absolute atomic E-state index is 13.2. The first-order valence-electron chi connectivity index (χ1n) is 10.1. The lowest BCUT2D eigenvalue weighted by Gasteiger charge is -2.30. The first kappa shape index (κ1) is 18.0. The Balaban J connectivity index is 1.62. The fourth-order valence-corrected chi connectivity index (χ4v) is 3.92. The van der Waals surface area contributed by atoms with E-state index in [-0.39, 0.29) is 11.8 Å². The minimum Gasteiger partial charge on any atom is -0.341 e. The third kappa shape index (κ3) is 3.82. The highest BCUT2D eigenvalue weighted by Crippen LogP contribution is 2.23. The van der Waals surface area contributed by atoms with Crippen molar-refractivity contribution < 1.29 is 4.79 Å². The van der Waals surface area contributed by atoms with Crippen molar-refractivity contribution in [3.8, 4) is 0 Å². The molecule has 3 heterocycles. The van der Waals surface area contributed by atoms with E-state index in [4.69, 9.17) is 9.97 Å². The number of rotatable bonds is 3. The number of carbonyl (C=O) groups is 1. The Bertz CT molecular complexity index is 827. The number of piperidine rings is 1. The Morgan fingerprint density at radius 2 is 1.74 bits per heavy atom. The van der Waals surface area contributed by atoms with Crippen molar-refractivity contribution in [2.75, 3.05) is 24.5 Å². The molecular formula is C22H28N4O. The zero-order valence-corrected chi connectivity index (χ0v) is 16.3. The molecule has 1 saturated heterocycles. The molecule has 1 aromatic carbocycles. The lowest BCUT2D eigenvalue weighted by molar-refractivity contribution is 0.0728. The summed E-state index contributed by atoms with van der Waals surface area (Å²) in [7, 11) is 0. The second kappa shape index (κ2) is 7.67. The summed E-state index contributed by atoms with van der Waals surface area (Å²) in [5.74, 6) is 1.01. The van der Waals surface area contributed by atoms with Crippen LogP contribution in [0.15, 0.2) is 30.3 Å².